The van der Waals surface area contributed by atoms with Gasteiger partial charge in [0.15, 0.2) is 0 Å². The van der Waals surface area contributed by atoms with Crippen molar-refractivity contribution in [3.63, 3.8) is 0 Å². The number of aliphatic carboxylic acids is 1. The number of carboxylic acid groups (broad SMARTS) is 1. The van der Waals surface area contributed by atoms with Crippen molar-refractivity contribution in [1.82, 2.24) is 10.6 Å². The molecule has 2 amide bonds. The Balaban J connectivity index is 1.40. The molecule has 162 valence electrons. The van der Waals surface area contributed by atoms with Gasteiger partial charge in [-0.25, -0.2) is 4.79 Å². The number of ether oxygens (including phenoxy) is 1. The summed E-state index contributed by atoms with van der Waals surface area (Å²) in [5, 5.41) is 14.4. The molecule has 1 unspecified atom stereocenters. The zero-order valence-corrected chi connectivity index (χ0v) is 17.3. The maximum atomic E-state index is 12.5. The zero-order chi connectivity index (χ0) is 22.0. The van der Waals surface area contributed by atoms with Crippen LogP contribution in [0.5, 0.6) is 0 Å². The van der Waals surface area contributed by atoms with E-state index in [1.807, 2.05) is 43.3 Å². The van der Waals surface area contributed by atoms with Crippen LogP contribution in [0.3, 0.4) is 0 Å². The Morgan fingerprint density at radius 3 is 2.19 bits per heavy atom. The number of nitrogens with one attached hydrogen (secondary N) is 2. The van der Waals surface area contributed by atoms with Crippen LogP contribution in [-0.2, 0) is 14.3 Å². The normalized spacial score (nSPS) is 19.6. The molecule has 1 saturated carbocycles. The largest absolute Gasteiger partial charge is 0.481 e. The molecule has 7 nitrogen and oxygen atoms in total. The maximum absolute atomic E-state index is 12.5. The maximum Gasteiger partial charge on any atom is 0.407 e. The van der Waals surface area contributed by atoms with Gasteiger partial charge >= 0.3 is 12.1 Å². The SMILES string of the molecule is C[C@@H]1C[C@H]1NC(=O)C(CCC(=O)O)NC(=O)OCC1c2ccccc2-c2ccccc21. The highest BCUT2D eigenvalue weighted by Gasteiger charge is 2.36. The average molecular weight is 422 g/mol. The summed E-state index contributed by atoms with van der Waals surface area (Å²) in [5.74, 6) is -1.08. The summed E-state index contributed by atoms with van der Waals surface area (Å²) in [6.07, 6.45) is -0.0484. The van der Waals surface area contributed by atoms with Gasteiger partial charge < -0.3 is 20.5 Å². The fourth-order valence-corrected chi connectivity index (χ4v) is 4.13. The highest BCUT2D eigenvalue weighted by Crippen LogP contribution is 2.44. The van der Waals surface area contributed by atoms with Crippen LogP contribution in [0.2, 0.25) is 0 Å². The Morgan fingerprint density at radius 2 is 1.65 bits per heavy atom. The molecule has 0 aliphatic heterocycles. The minimum Gasteiger partial charge on any atom is -0.481 e. The predicted molar refractivity (Wildman–Crippen MR) is 115 cm³/mol. The zero-order valence-electron chi connectivity index (χ0n) is 17.3. The van der Waals surface area contributed by atoms with E-state index < -0.39 is 18.1 Å². The van der Waals surface area contributed by atoms with Gasteiger partial charge in [-0.2, -0.15) is 0 Å². The smallest absolute Gasteiger partial charge is 0.407 e. The molecule has 2 aromatic carbocycles. The number of hydrogen-bond acceptors (Lipinski definition) is 4. The van der Waals surface area contributed by atoms with Crippen molar-refractivity contribution in [2.45, 2.75) is 44.2 Å². The highest BCUT2D eigenvalue weighted by atomic mass is 16.5. The average Bonchev–Trinajstić information content (AvgIpc) is 3.35. The van der Waals surface area contributed by atoms with E-state index >= 15 is 0 Å². The minimum absolute atomic E-state index is 0.00641. The van der Waals surface area contributed by atoms with Crippen molar-refractivity contribution < 1.29 is 24.2 Å². The van der Waals surface area contributed by atoms with Crippen LogP contribution >= 0.6 is 0 Å². The minimum atomic E-state index is -1.02. The first-order valence-electron chi connectivity index (χ1n) is 10.6. The van der Waals surface area contributed by atoms with E-state index in [1.54, 1.807) is 0 Å². The van der Waals surface area contributed by atoms with Crippen LogP contribution in [0.4, 0.5) is 4.79 Å². The summed E-state index contributed by atoms with van der Waals surface area (Å²) in [5.41, 5.74) is 4.45. The Kier molecular flexibility index (Phi) is 5.93. The summed E-state index contributed by atoms with van der Waals surface area (Å²) in [7, 11) is 0. The van der Waals surface area contributed by atoms with Gasteiger partial charge in [0.25, 0.3) is 0 Å². The van der Waals surface area contributed by atoms with Gasteiger partial charge in [0.2, 0.25) is 5.91 Å². The summed E-state index contributed by atoms with van der Waals surface area (Å²) >= 11 is 0. The predicted octanol–water partition coefficient (Wildman–Crippen LogP) is 3.28. The van der Waals surface area contributed by atoms with E-state index in [9.17, 15) is 14.4 Å². The lowest BCUT2D eigenvalue weighted by Crippen LogP contribution is -2.48. The molecule has 0 bridgehead atoms. The molecule has 0 heterocycles. The number of carbonyl (C=O) groups is 3. The number of carbonyl (C=O) groups excluding carboxylic acids is 2. The monoisotopic (exact) mass is 422 g/mol. The summed E-state index contributed by atoms with van der Waals surface area (Å²) in [6, 6.07) is 15.2. The van der Waals surface area contributed by atoms with Crippen LogP contribution < -0.4 is 10.6 Å². The van der Waals surface area contributed by atoms with E-state index in [4.69, 9.17) is 9.84 Å². The molecule has 0 saturated heterocycles. The molecule has 31 heavy (non-hydrogen) atoms. The summed E-state index contributed by atoms with van der Waals surface area (Å²) in [4.78, 5) is 35.9. The third-order valence-electron chi connectivity index (χ3n) is 6.04. The Labute approximate surface area is 180 Å². The Hall–Kier alpha value is -3.35. The van der Waals surface area contributed by atoms with Gasteiger partial charge in [-0.05, 0) is 41.0 Å². The standard InChI is InChI=1S/C24H26N2O5/c1-14-12-21(14)25-23(29)20(10-11-22(27)28)26-24(30)31-13-19-17-8-4-2-6-15(17)16-7-3-5-9-18(16)19/h2-9,14,19-21H,10-13H2,1H3,(H,25,29)(H,26,30)(H,27,28)/t14-,20?,21-/m1/s1. The second kappa shape index (κ2) is 8.79. The van der Waals surface area contributed by atoms with E-state index in [2.05, 4.69) is 22.8 Å². The van der Waals surface area contributed by atoms with Gasteiger partial charge in [0.05, 0.1) is 0 Å². The molecule has 2 aliphatic carbocycles. The quantitative estimate of drug-likeness (QED) is 0.606. The molecule has 0 radical (unpaired) electrons. The molecule has 1 fully saturated rings. The van der Waals surface area contributed by atoms with Gasteiger partial charge in [0.1, 0.15) is 12.6 Å². The molecule has 2 aromatic rings. The van der Waals surface area contributed by atoms with E-state index in [-0.39, 0.29) is 37.3 Å². The van der Waals surface area contributed by atoms with Crippen molar-refractivity contribution in [2.75, 3.05) is 6.61 Å². The molecule has 0 spiro atoms. The molecule has 2 aliphatic rings. The van der Waals surface area contributed by atoms with Crippen molar-refractivity contribution in [3.05, 3.63) is 59.7 Å². The molecule has 0 aromatic heterocycles. The van der Waals surface area contributed by atoms with Crippen LogP contribution in [-0.4, -0.2) is 41.8 Å². The molecule has 4 rings (SSSR count). The fraction of sp³-hybridized carbons (Fsp3) is 0.375. The molecule has 7 heteroatoms. The van der Waals surface area contributed by atoms with Crippen LogP contribution in [0.25, 0.3) is 11.1 Å². The van der Waals surface area contributed by atoms with E-state index in [0.717, 1.165) is 28.7 Å². The lowest BCUT2D eigenvalue weighted by atomic mass is 9.98. The van der Waals surface area contributed by atoms with Gasteiger partial charge in [-0.3, -0.25) is 9.59 Å². The second-order valence-corrected chi connectivity index (χ2v) is 8.28. The topological polar surface area (TPSA) is 105 Å². The first-order chi connectivity index (χ1) is 14.9. The van der Waals surface area contributed by atoms with Gasteiger partial charge in [-0.1, -0.05) is 55.5 Å². The lowest BCUT2D eigenvalue weighted by molar-refractivity contribution is -0.137. The summed E-state index contributed by atoms with van der Waals surface area (Å²) in [6.45, 7) is 2.16. The molecule has 3 atom stereocenters. The Morgan fingerprint density at radius 1 is 1.06 bits per heavy atom. The molecular weight excluding hydrogens is 396 g/mol. The van der Waals surface area contributed by atoms with Crippen LogP contribution in [0.15, 0.2) is 48.5 Å². The van der Waals surface area contributed by atoms with Gasteiger partial charge in [-0.15, -0.1) is 0 Å². The number of fused-ring (bicyclic) bond motifs is 3. The second-order valence-electron chi connectivity index (χ2n) is 8.28. The highest BCUT2D eigenvalue weighted by molar-refractivity contribution is 5.86. The van der Waals surface area contributed by atoms with Crippen molar-refractivity contribution >= 4 is 18.0 Å². The van der Waals surface area contributed by atoms with Crippen LogP contribution in [0.1, 0.15) is 43.2 Å². The van der Waals surface area contributed by atoms with E-state index in [1.165, 1.54) is 0 Å². The first kappa shape index (κ1) is 20.9. The van der Waals surface area contributed by atoms with E-state index in [0.29, 0.717) is 5.92 Å². The van der Waals surface area contributed by atoms with Crippen molar-refractivity contribution in [3.8, 4) is 11.1 Å². The number of alkyl carbamates (subject to hydrolysis) is 1. The number of benzene rings is 2. The van der Waals surface area contributed by atoms with Crippen molar-refractivity contribution in [2.24, 2.45) is 5.92 Å². The lowest BCUT2D eigenvalue weighted by Gasteiger charge is -2.19. The summed E-state index contributed by atoms with van der Waals surface area (Å²) < 4.78 is 5.49. The first-order valence-corrected chi connectivity index (χ1v) is 10.6. The fourth-order valence-electron chi connectivity index (χ4n) is 4.13. The van der Waals surface area contributed by atoms with Gasteiger partial charge in [0, 0.05) is 18.4 Å². The molecule has 3 N–H and O–H groups in total. The third-order valence-corrected chi connectivity index (χ3v) is 6.04. The number of hydrogen-bond donors (Lipinski definition) is 3. The Bertz CT molecular complexity index is 959. The van der Waals surface area contributed by atoms with Crippen molar-refractivity contribution in [1.29, 1.82) is 0 Å². The molecular formula is C24H26N2O5. The number of rotatable bonds is 8. The van der Waals surface area contributed by atoms with Crippen LogP contribution in [0, 0.1) is 5.92 Å². The third kappa shape index (κ3) is 4.71. The number of carboxylic acids is 1. The number of amides is 2.